The van der Waals surface area contributed by atoms with Crippen molar-refractivity contribution in [3.63, 3.8) is 0 Å². The van der Waals surface area contributed by atoms with Crippen molar-refractivity contribution >= 4 is 23.3 Å². The minimum absolute atomic E-state index is 0.0564. The molecule has 0 aliphatic carbocycles. The van der Waals surface area contributed by atoms with E-state index in [4.69, 9.17) is 0 Å². The maximum atomic E-state index is 12.3. The van der Waals surface area contributed by atoms with Crippen LogP contribution in [0, 0.1) is 20.8 Å². The van der Waals surface area contributed by atoms with Crippen LogP contribution in [0.4, 0.5) is 5.69 Å². The lowest BCUT2D eigenvalue weighted by molar-refractivity contribution is -0.116. The Hall–Kier alpha value is -2.95. The van der Waals surface area contributed by atoms with E-state index in [2.05, 4.69) is 10.6 Å². The Morgan fingerprint density at radius 1 is 0.808 bits per heavy atom. The maximum absolute atomic E-state index is 12.3. The molecule has 2 N–H and O–H groups in total. The normalized spacial score (nSPS) is 10.3. The number of benzene rings is 2. The summed E-state index contributed by atoms with van der Waals surface area (Å²) in [6, 6.07) is 10.7. The summed E-state index contributed by atoms with van der Waals surface area (Å²) in [4.78, 5) is 36.2. The Balaban J connectivity index is 1.99. The topological polar surface area (TPSA) is 75.3 Å². The summed E-state index contributed by atoms with van der Waals surface area (Å²) in [7, 11) is 1.55. The summed E-state index contributed by atoms with van der Waals surface area (Å²) in [6.45, 7) is 5.80. The average Bonchev–Trinajstić information content (AvgIpc) is 2.63. The number of carbonyl (C=O) groups is 3. The van der Waals surface area contributed by atoms with Gasteiger partial charge < -0.3 is 10.6 Å². The molecule has 0 radical (unpaired) electrons. The number of hydrogen-bond acceptors (Lipinski definition) is 3. The molecule has 0 atom stereocenters. The summed E-state index contributed by atoms with van der Waals surface area (Å²) >= 11 is 0. The monoisotopic (exact) mass is 352 g/mol. The predicted octanol–water partition coefficient (Wildman–Crippen LogP) is 3.57. The highest BCUT2D eigenvalue weighted by atomic mass is 16.2. The van der Waals surface area contributed by atoms with Gasteiger partial charge in [-0.25, -0.2) is 0 Å². The Morgan fingerprint density at radius 2 is 1.46 bits per heavy atom. The van der Waals surface area contributed by atoms with Gasteiger partial charge in [-0.15, -0.1) is 0 Å². The number of carbonyl (C=O) groups excluding carboxylic acids is 3. The Bertz CT molecular complexity index is 856. The molecule has 0 spiro atoms. The highest BCUT2D eigenvalue weighted by molar-refractivity contribution is 6.01. The molecule has 0 aliphatic heterocycles. The third-order valence-corrected chi connectivity index (χ3v) is 4.41. The summed E-state index contributed by atoms with van der Waals surface area (Å²) in [5, 5.41) is 5.34. The summed E-state index contributed by atoms with van der Waals surface area (Å²) in [6.07, 6.45) is 0.234. The average molecular weight is 352 g/mol. The van der Waals surface area contributed by atoms with Crippen molar-refractivity contribution in [3.8, 4) is 0 Å². The number of nitrogens with one attached hydrogen (secondary N) is 2. The van der Waals surface area contributed by atoms with Crippen molar-refractivity contribution in [1.82, 2.24) is 5.32 Å². The number of anilines is 1. The van der Waals surface area contributed by atoms with Gasteiger partial charge in [-0.2, -0.15) is 0 Å². The SMILES string of the molecule is CNC(=O)c1ccc(C)c(NC(=O)CCC(=O)c2ccc(C)c(C)c2)c1. The van der Waals surface area contributed by atoms with Crippen LogP contribution in [-0.2, 0) is 4.79 Å². The fourth-order valence-corrected chi connectivity index (χ4v) is 2.54. The maximum Gasteiger partial charge on any atom is 0.251 e. The van der Waals surface area contributed by atoms with E-state index in [0.29, 0.717) is 16.8 Å². The smallest absolute Gasteiger partial charge is 0.251 e. The highest BCUT2D eigenvalue weighted by Crippen LogP contribution is 2.18. The molecular weight excluding hydrogens is 328 g/mol. The van der Waals surface area contributed by atoms with Crippen molar-refractivity contribution in [2.45, 2.75) is 33.6 Å². The van der Waals surface area contributed by atoms with Gasteiger partial charge in [0.15, 0.2) is 5.78 Å². The van der Waals surface area contributed by atoms with Crippen molar-refractivity contribution in [1.29, 1.82) is 0 Å². The van der Waals surface area contributed by atoms with Gasteiger partial charge in [0.05, 0.1) is 0 Å². The van der Waals surface area contributed by atoms with Gasteiger partial charge in [0.1, 0.15) is 0 Å². The van der Waals surface area contributed by atoms with E-state index < -0.39 is 0 Å². The lowest BCUT2D eigenvalue weighted by Gasteiger charge is -2.10. The third kappa shape index (κ3) is 4.79. The zero-order valence-corrected chi connectivity index (χ0v) is 15.6. The van der Waals surface area contributed by atoms with Crippen LogP contribution in [0.3, 0.4) is 0 Å². The van der Waals surface area contributed by atoms with Crippen molar-refractivity contribution in [2.24, 2.45) is 0 Å². The van der Waals surface area contributed by atoms with Gasteiger partial charge >= 0.3 is 0 Å². The van der Waals surface area contributed by atoms with E-state index in [-0.39, 0.29) is 30.4 Å². The van der Waals surface area contributed by atoms with Crippen molar-refractivity contribution < 1.29 is 14.4 Å². The van der Waals surface area contributed by atoms with Crippen LogP contribution in [0.25, 0.3) is 0 Å². The number of hydrogen-bond donors (Lipinski definition) is 2. The Kier molecular flexibility index (Phi) is 6.28. The number of Topliss-reactive ketones (excluding diaryl/α,β-unsaturated/α-hetero) is 1. The highest BCUT2D eigenvalue weighted by Gasteiger charge is 2.12. The molecular formula is C21H24N2O3. The first-order chi connectivity index (χ1) is 12.3. The fraction of sp³-hybridized carbons (Fsp3) is 0.286. The molecule has 2 amide bonds. The van der Waals surface area contributed by atoms with Gasteiger partial charge in [0, 0.05) is 36.7 Å². The first-order valence-corrected chi connectivity index (χ1v) is 8.55. The molecule has 5 nitrogen and oxygen atoms in total. The van der Waals surface area contributed by atoms with Crippen LogP contribution >= 0.6 is 0 Å². The van der Waals surface area contributed by atoms with E-state index in [1.54, 1.807) is 31.3 Å². The molecule has 0 bridgehead atoms. The molecule has 136 valence electrons. The number of ketones is 1. The van der Waals surface area contributed by atoms with Crippen LogP contribution in [0.2, 0.25) is 0 Å². The Labute approximate surface area is 153 Å². The minimum atomic E-state index is -0.251. The van der Waals surface area contributed by atoms with Crippen LogP contribution in [0.15, 0.2) is 36.4 Å². The van der Waals surface area contributed by atoms with Crippen LogP contribution < -0.4 is 10.6 Å². The zero-order chi connectivity index (χ0) is 19.3. The van der Waals surface area contributed by atoms with Gasteiger partial charge in [0.2, 0.25) is 5.91 Å². The summed E-state index contributed by atoms with van der Waals surface area (Å²) in [5.41, 5.74) is 4.72. The largest absolute Gasteiger partial charge is 0.355 e. The molecule has 2 aromatic rings. The molecule has 0 aliphatic rings. The second-order valence-corrected chi connectivity index (χ2v) is 6.38. The molecule has 2 aromatic carbocycles. The minimum Gasteiger partial charge on any atom is -0.355 e. The molecule has 0 saturated heterocycles. The quantitative estimate of drug-likeness (QED) is 0.781. The third-order valence-electron chi connectivity index (χ3n) is 4.41. The van der Waals surface area contributed by atoms with Gasteiger partial charge in [0.25, 0.3) is 5.91 Å². The second-order valence-electron chi connectivity index (χ2n) is 6.38. The zero-order valence-electron chi connectivity index (χ0n) is 15.6. The van der Waals surface area contributed by atoms with E-state index in [9.17, 15) is 14.4 Å². The molecule has 0 fully saturated rings. The predicted molar refractivity (Wildman–Crippen MR) is 103 cm³/mol. The molecule has 0 saturated carbocycles. The number of amides is 2. The van der Waals surface area contributed by atoms with Crippen molar-refractivity contribution in [2.75, 3.05) is 12.4 Å². The van der Waals surface area contributed by atoms with E-state index in [1.807, 2.05) is 32.9 Å². The first kappa shape index (κ1) is 19.4. The second kappa shape index (κ2) is 8.43. The number of rotatable bonds is 6. The van der Waals surface area contributed by atoms with Crippen LogP contribution in [0.5, 0.6) is 0 Å². The van der Waals surface area contributed by atoms with Gasteiger partial charge in [-0.3, -0.25) is 14.4 Å². The molecule has 0 aromatic heterocycles. The number of aryl methyl sites for hydroxylation is 3. The molecule has 0 heterocycles. The molecule has 26 heavy (non-hydrogen) atoms. The van der Waals surface area contributed by atoms with E-state index in [0.717, 1.165) is 16.7 Å². The summed E-state index contributed by atoms with van der Waals surface area (Å²) in [5.74, 6) is -0.524. The summed E-state index contributed by atoms with van der Waals surface area (Å²) < 4.78 is 0. The van der Waals surface area contributed by atoms with Crippen molar-refractivity contribution in [3.05, 3.63) is 64.2 Å². The Morgan fingerprint density at radius 3 is 2.12 bits per heavy atom. The van der Waals surface area contributed by atoms with Gasteiger partial charge in [-0.05, 0) is 55.7 Å². The van der Waals surface area contributed by atoms with E-state index >= 15 is 0 Å². The fourth-order valence-electron chi connectivity index (χ4n) is 2.54. The lowest BCUT2D eigenvalue weighted by atomic mass is 10.0. The first-order valence-electron chi connectivity index (χ1n) is 8.55. The standard InChI is InChI=1S/C21H24N2O3/c1-13-5-7-16(11-15(13)3)19(24)9-10-20(25)23-18-12-17(21(26)22-4)8-6-14(18)2/h5-8,11-12H,9-10H2,1-4H3,(H,22,26)(H,23,25). The molecule has 2 rings (SSSR count). The molecule has 0 unspecified atom stereocenters. The lowest BCUT2D eigenvalue weighted by Crippen LogP contribution is -2.19. The molecule has 5 heteroatoms. The van der Waals surface area contributed by atoms with Crippen LogP contribution in [0.1, 0.15) is 50.2 Å². The van der Waals surface area contributed by atoms with Crippen LogP contribution in [-0.4, -0.2) is 24.6 Å². The van der Waals surface area contributed by atoms with Gasteiger partial charge in [-0.1, -0.05) is 18.2 Å². The van der Waals surface area contributed by atoms with E-state index in [1.165, 1.54) is 0 Å².